The van der Waals surface area contributed by atoms with Gasteiger partial charge in [0.2, 0.25) is 0 Å². The second-order valence-corrected chi connectivity index (χ2v) is 8.00. The van der Waals surface area contributed by atoms with Gasteiger partial charge in [0.05, 0.1) is 18.6 Å². The highest BCUT2D eigenvalue weighted by Crippen LogP contribution is 2.34. The van der Waals surface area contributed by atoms with Crippen molar-refractivity contribution in [2.75, 3.05) is 27.3 Å². The van der Waals surface area contributed by atoms with Crippen LogP contribution in [-0.2, 0) is 16.1 Å². The third kappa shape index (κ3) is 6.33. The van der Waals surface area contributed by atoms with Crippen LogP contribution in [0.2, 0.25) is 0 Å². The minimum Gasteiger partial charge on any atom is -0.493 e. The highest BCUT2D eigenvalue weighted by Gasteiger charge is 2.34. The van der Waals surface area contributed by atoms with E-state index in [4.69, 9.17) is 9.47 Å². The van der Waals surface area contributed by atoms with Crippen LogP contribution >= 0.6 is 11.8 Å². The molecule has 0 aliphatic carbocycles. The Balaban J connectivity index is 1.60. The third-order valence-corrected chi connectivity index (χ3v) is 5.63. The lowest BCUT2D eigenvalue weighted by atomic mass is 10.1. The topological polar surface area (TPSA) is 94.2 Å². The quantitative estimate of drug-likeness (QED) is 0.503. The molecule has 2 aromatic carbocycles. The normalized spacial score (nSPS) is 14.7. The number of imide groups is 1. The van der Waals surface area contributed by atoms with Crippen molar-refractivity contribution in [3.63, 3.8) is 0 Å². The van der Waals surface area contributed by atoms with Crippen molar-refractivity contribution in [3.05, 3.63) is 64.1 Å². The third-order valence-electron chi connectivity index (χ3n) is 4.72. The van der Waals surface area contributed by atoms with E-state index in [-0.39, 0.29) is 35.4 Å². The number of hydrogen-bond acceptors (Lipinski definition) is 7. The van der Waals surface area contributed by atoms with E-state index >= 15 is 0 Å². The van der Waals surface area contributed by atoms with Crippen LogP contribution in [0.5, 0.6) is 11.5 Å². The zero-order valence-corrected chi connectivity index (χ0v) is 19.2. The number of rotatable bonds is 10. The van der Waals surface area contributed by atoms with Crippen LogP contribution in [0.3, 0.4) is 0 Å². The summed E-state index contributed by atoms with van der Waals surface area (Å²) in [6.07, 6.45) is 1.46. The number of alkyl halides is 2. The van der Waals surface area contributed by atoms with E-state index in [0.717, 1.165) is 22.2 Å². The monoisotopic (exact) mass is 492 g/mol. The van der Waals surface area contributed by atoms with Gasteiger partial charge in [-0.1, -0.05) is 18.2 Å². The molecule has 0 bridgehead atoms. The average Bonchev–Trinajstić information content (AvgIpc) is 3.07. The summed E-state index contributed by atoms with van der Waals surface area (Å²) in [4.78, 5) is 38.5. The number of amides is 3. The molecule has 1 heterocycles. The Labute approximate surface area is 198 Å². The molecule has 11 heteroatoms. The molecule has 0 unspecified atom stereocenters. The fraction of sp³-hybridized carbons (Fsp3) is 0.261. The number of halogens is 2. The summed E-state index contributed by atoms with van der Waals surface area (Å²) in [7, 11) is 2.88. The molecule has 0 saturated carbocycles. The molecule has 0 atom stereocenters. The van der Waals surface area contributed by atoms with Gasteiger partial charge in [-0.3, -0.25) is 19.3 Å². The summed E-state index contributed by atoms with van der Waals surface area (Å²) in [6, 6.07) is 11.1. The Bertz CT molecular complexity index is 1090. The van der Waals surface area contributed by atoms with Crippen molar-refractivity contribution in [2.24, 2.45) is 0 Å². The molecule has 1 N–H and O–H groups in total. The van der Waals surface area contributed by atoms with E-state index in [0.29, 0.717) is 17.7 Å². The summed E-state index contributed by atoms with van der Waals surface area (Å²) in [6.45, 7) is -2.49. The van der Waals surface area contributed by atoms with Crippen LogP contribution < -0.4 is 14.8 Å². The number of carbonyl (C=O) groups excluding carboxylic acids is 3. The molecule has 8 nitrogen and oxygen atoms in total. The van der Waals surface area contributed by atoms with Crippen LogP contribution in [0, 0.1) is 0 Å². The van der Waals surface area contributed by atoms with Crippen molar-refractivity contribution in [1.29, 1.82) is 0 Å². The van der Waals surface area contributed by atoms with Gasteiger partial charge in [-0.05, 0) is 53.2 Å². The number of thioether (sulfide) groups is 1. The van der Waals surface area contributed by atoms with Gasteiger partial charge < -0.3 is 19.5 Å². The molecule has 180 valence electrons. The van der Waals surface area contributed by atoms with E-state index < -0.39 is 17.8 Å². The number of methoxy groups -OCH3 is 2. The molecule has 0 radical (unpaired) electrons. The summed E-state index contributed by atoms with van der Waals surface area (Å²) in [5.41, 5.74) is 1.84. The van der Waals surface area contributed by atoms with Crippen LogP contribution in [0.1, 0.15) is 21.5 Å². The maximum absolute atomic E-state index is 12.7. The van der Waals surface area contributed by atoms with Crippen molar-refractivity contribution in [3.8, 4) is 11.5 Å². The Kier molecular flexibility index (Phi) is 8.61. The molecule has 3 rings (SSSR count). The van der Waals surface area contributed by atoms with E-state index in [1.165, 1.54) is 31.4 Å². The van der Waals surface area contributed by atoms with Crippen LogP contribution in [0.15, 0.2) is 47.4 Å². The molecule has 1 aliphatic rings. The first-order valence-electron chi connectivity index (χ1n) is 10.1. The van der Waals surface area contributed by atoms with Crippen molar-refractivity contribution < 1.29 is 37.4 Å². The Morgan fingerprint density at radius 3 is 2.50 bits per heavy atom. The molecule has 0 aromatic heterocycles. The second kappa shape index (κ2) is 11.6. The molecule has 3 amide bonds. The smallest absolute Gasteiger partial charge is 0.387 e. The van der Waals surface area contributed by atoms with Crippen LogP contribution in [-0.4, -0.2) is 55.9 Å². The first-order valence-corrected chi connectivity index (χ1v) is 10.9. The number of benzene rings is 2. The van der Waals surface area contributed by atoms with Gasteiger partial charge in [0.15, 0.2) is 11.5 Å². The number of hydrogen-bond donors (Lipinski definition) is 1. The highest BCUT2D eigenvalue weighted by molar-refractivity contribution is 8.18. The number of ether oxygens (including phenoxy) is 3. The number of carbonyl (C=O) groups is 3. The van der Waals surface area contributed by atoms with E-state index in [2.05, 4.69) is 10.1 Å². The van der Waals surface area contributed by atoms with Crippen LogP contribution in [0.25, 0.3) is 6.08 Å². The summed E-state index contributed by atoms with van der Waals surface area (Å²) in [5, 5.41) is 2.21. The van der Waals surface area contributed by atoms with Crippen molar-refractivity contribution in [1.82, 2.24) is 10.2 Å². The Morgan fingerprint density at radius 1 is 1.12 bits per heavy atom. The fourth-order valence-corrected chi connectivity index (χ4v) is 3.98. The molecule has 1 saturated heterocycles. The predicted molar refractivity (Wildman–Crippen MR) is 122 cm³/mol. The molecule has 0 spiro atoms. The van der Waals surface area contributed by atoms with Crippen molar-refractivity contribution >= 4 is 34.9 Å². The maximum Gasteiger partial charge on any atom is 0.387 e. The van der Waals surface area contributed by atoms with Gasteiger partial charge in [-0.2, -0.15) is 8.78 Å². The molecular weight excluding hydrogens is 470 g/mol. The van der Waals surface area contributed by atoms with Crippen molar-refractivity contribution in [2.45, 2.75) is 13.2 Å². The van der Waals surface area contributed by atoms with E-state index in [1.807, 2.05) is 0 Å². The largest absolute Gasteiger partial charge is 0.493 e. The lowest BCUT2D eigenvalue weighted by Crippen LogP contribution is -2.37. The molecule has 1 aliphatic heterocycles. The van der Waals surface area contributed by atoms with Gasteiger partial charge in [0, 0.05) is 25.8 Å². The zero-order chi connectivity index (χ0) is 24.7. The predicted octanol–water partition coefficient (Wildman–Crippen LogP) is 3.91. The van der Waals surface area contributed by atoms with E-state index in [1.54, 1.807) is 31.4 Å². The fourth-order valence-electron chi connectivity index (χ4n) is 3.11. The molecule has 34 heavy (non-hydrogen) atoms. The summed E-state index contributed by atoms with van der Waals surface area (Å²) < 4.78 is 39.4. The van der Waals surface area contributed by atoms with Gasteiger partial charge in [-0.25, -0.2) is 0 Å². The lowest BCUT2D eigenvalue weighted by Gasteiger charge is -2.13. The first-order chi connectivity index (χ1) is 16.3. The zero-order valence-electron chi connectivity index (χ0n) is 18.4. The van der Waals surface area contributed by atoms with Gasteiger partial charge in [-0.15, -0.1) is 0 Å². The van der Waals surface area contributed by atoms with Gasteiger partial charge in [0.1, 0.15) is 0 Å². The lowest BCUT2D eigenvalue weighted by molar-refractivity contribution is -0.122. The first kappa shape index (κ1) is 25.2. The van der Waals surface area contributed by atoms with Gasteiger partial charge in [0.25, 0.3) is 17.1 Å². The molecule has 2 aromatic rings. The minimum atomic E-state index is -3.01. The number of nitrogens with zero attached hydrogens (tertiary/aromatic N) is 1. The molecule has 1 fully saturated rings. The maximum atomic E-state index is 12.7. The second-order valence-electron chi connectivity index (χ2n) is 7.01. The van der Waals surface area contributed by atoms with E-state index in [9.17, 15) is 23.2 Å². The minimum absolute atomic E-state index is 0.00000762. The molecular formula is C23H22F2N2O6S. The van der Waals surface area contributed by atoms with Gasteiger partial charge >= 0.3 is 6.61 Å². The Hall–Kier alpha value is -3.44. The summed E-state index contributed by atoms with van der Waals surface area (Å²) in [5.74, 6) is -0.928. The number of nitrogens with one attached hydrogen (secondary N) is 1. The highest BCUT2D eigenvalue weighted by atomic mass is 32.2. The SMILES string of the molecule is COCc1ccc(C(=O)NCCN2C(=O)S/C(=C\c3ccc(OC(F)F)c(OC)c3)C2=O)cc1. The Morgan fingerprint density at radius 2 is 1.85 bits per heavy atom. The van der Waals surface area contributed by atoms with Crippen LogP contribution in [0.4, 0.5) is 13.6 Å². The standard InChI is InChI=1S/C23H22F2N2O6S/c1-31-13-14-3-6-16(7-4-14)20(28)26-9-10-27-21(29)19(34-23(27)30)12-15-5-8-17(33-22(24)25)18(11-15)32-2/h3-8,11-12,22H,9-10,13H2,1-2H3,(H,26,28)/b19-12-. The summed E-state index contributed by atoms with van der Waals surface area (Å²) >= 11 is 0.748. The average molecular weight is 493 g/mol.